The molecule has 0 aliphatic heterocycles. The summed E-state index contributed by atoms with van der Waals surface area (Å²) in [5.41, 5.74) is 4.43. The van der Waals surface area contributed by atoms with Crippen LogP contribution in [0.25, 0.3) is 0 Å². The summed E-state index contributed by atoms with van der Waals surface area (Å²) in [4.78, 5) is 0. The predicted molar refractivity (Wildman–Crippen MR) is 73.8 cm³/mol. The second-order valence-electron chi connectivity index (χ2n) is 4.94. The Balaban J connectivity index is 2.04. The lowest BCUT2D eigenvalue weighted by atomic mass is 10.1. The van der Waals surface area contributed by atoms with Gasteiger partial charge in [-0.3, -0.25) is 4.68 Å². The minimum Gasteiger partial charge on any atom is -0.361 e. The number of nitrogens with one attached hydrogen (secondary N) is 1. The van der Waals surface area contributed by atoms with Gasteiger partial charge in [0.2, 0.25) is 0 Å². The van der Waals surface area contributed by atoms with Crippen molar-refractivity contribution >= 4 is 0 Å². The van der Waals surface area contributed by atoms with E-state index in [2.05, 4.69) is 35.5 Å². The minimum absolute atomic E-state index is 0.214. The highest BCUT2D eigenvalue weighted by Crippen LogP contribution is 2.21. The van der Waals surface area contributed by atoms with E-state index in [0.29, 0.717) is 0 Å². The molecular weight excluding hydrogens is 240 g/mol. The first-order valence-electron chi connectivity index (χ1n) is 6.70. The second kappa shape index (κ2) is 5.57. The summed E-state index contributed by atoms with van der Waals surface area (Å²) >= 11 is 0. The summed E-state index contributed by atoms with van der Waals surface area (Å²) in [6, 6.07) is 2.36. The molecule has 0 radical (unpaired) electrons. The number of hydrogen-bond donors (Lipinski definition) is 1. The van der Waals surface area contributed by atoms with E-state index >= 15 is 0 Å². The average molecular weight is 262 g/mol. The van der Waals surface area contributed by atoms with Gasteiger partial charge in [-0.05, 0) is 33.3 Å². The Morgan fingerprint density at radius 1 is 1.42 bits per heavy atom. The predicted octanol–water partition coefficient (Wildman–Crippen LogP) is 2.44. The molecule has 5 nitrogen and oxygen atoms in total. The quantitative estimate of drug-likeness (QED) is 0.899. The van der Waals surface area contributed by atoms with Gasteiger partial charge < -0.3 is 9.84 Å². The van der Waals surface area contributed by atoms with Crippen molar-refractivity contribution in [2.75, 3.05) is 0 Å². The van der Waals surface area contributed by atoms with E-state index in [1.807, 2.05) is 25.6 Å². The third kappa shape index (κ3) is 2.87. The van der Waals surface area contributed by atoms with Gasteiger partial charge in [0.05, 0.1) is 17.1 Å². The van der Waals surface area contributed by atoms with Crippen LogP contribution in [0.4, 0.5) is 0 Å². The van der Waals surface area contributed by atoms with Crippen molar-refractivity contribution in [1.29, 1.82) is 0 Å². The van der Waals surface area contributed by atoms with Crippen LogP contribution in [0, 0.1) is 13.8 Å². The van der Waals surface area contributed by atoms with Crippen molar-refractivity contribution in [3.05, 3.63) is 34.5 Å². The molecule has 1 N–H and O–H groups in total. The molecule has 2 heterocycles. The lowest BCUT2D eigenvalue weighted by molar-refractivity contribution is 0.390. The molecule has 19 heavy (non-hydrogen) atoms. The molecule has 2 rings (SSSR count). The van der Waals surface area contributed by atoms with E-state index in [1.54, 1.807) is 0 Å². The highest BCUT2D eigenvalue weighted by Gasteiger charge is 2.16. The van der Waals surface area contributed by atoms with Gasteiger partial charge in [0.15, 0.2) is 0 Å². The molecule has 0 spiro atoms. The zero-order valence-corrected chi connectivity index (χ0v) is 12.3. The fraction of sp³-hybridized carbons (Fsp3) is 0.571. The summed E-state index contributed by atoms with van der Waals surface area (Å²) in [5.74, 6) is 0.886. The molecule has 0 aliphatic rings. The standard InChI is InChI=1S/C14H22N4O/c1-6-12-7-13(18(5)16-12)8-15-9(2)14-10(3)17-19-11(14)4/h7,9,15H,6,8H2,1-5H3. The summed E-state index contributed by atoms with van der Waals surface area (Å²) in [5, 5.41) is 11.9. The van der Waals surface area contributed by atoms with Gasteiger partial charge in [0.25, 0.3) is 0 Å². The first-order valence-corrected chi connectivity index (χ1v) is 6.70. The molecule has 104 valence electrons. The third-order valence-electron chi connectivity index (χ3n) is 3.50. The van der Waals surface area contributed by atoms with Crippen molar-refractivity contribution in [1.82, 2.24) is 20.3 Å². The maximum Gasteiger partial charge on any atom is 0.138 e. The number of aryl methyl sites for hydroxylation is 4. The van der Waals surface area contributed by atoms with Crippen LogP contribution in [0.5, 0.6) is 0 Å². The molecule has 0 aliphatic carbocycles. The maximum absolute atomic E-state index is 5.21. The van der Waals surface area contributed by atoms with E-state index in [1.165, 1.54) is 5.69 Å². The van der Waals surface area contributed by atoms with Crippen molar-refractivity contribution in [2.24, 2.45) is 7.05 Å². The van der Waals surface area contributed by atoms with Crippen LogP contribution in [-0.4, -0.2) is 14.9 Å². The topological polar surface area (TPSA) is 55.9 Å². The first-order chi connectivity index (χ1) is 9.02. The van der Waals surface area contributed by atoms with Crippen molar-refractivity contribution in [3.8, 4) is 0 Å². The van der Waals surface area contributed by atoms with E-state index < -0.39 is 0 Å². The molecule has 0 amide bonds. The molecule has 1 unspecified atom stereocenters. The van der Waals surface area contributed by atoms with Gasteiger partial charge in [-0.15, -0.1) is 0 Å². The van der Waals surface area contributed by atoms with E-state index in [9.17, 15) is 0 Å². The van der Waals surface area contributed by atoms with Gasteiger partial charge in [0.1, 0.15) is 5.76 Å². The van der Waals surface area contributed by atoms with Crippen molar-refractivity contribution < 1.29 is 4.52 Å². The second-order valence-corrected chi connectivity index (χ2v) is 4.94. The Labute approximate surface area is 114 Å². The Kier molecular flexibility index (Phi) is 4.04. The van der Waals surface area contributed by atoms with Gasteiger partial charge in [-0.2, -0.15) is 5.10 Å². The minimum atomic E-state index is 0.214. The van der Waals surface area contributed by atoms with Crippen LogP contribution in [0.2, 0.25) is 0 Å². The lowest BCUT2D eigenvalue weighted by Crippen LogP contribution is -2.20. The molecule has 0 fully saturated rings. The smallest absolute Gasteiger partial charge is 0.138 e. The van der Waals surface area contributed by atoms with Crippen LogP contribution < -0.4 is 5.32 Å². The van der Waals surface area contributed by atoms with Gasteiger partial charge in [-0.1, -0.05) is 12.1 Å². The Hall–Kier alpha value is -1.62. The zero-order valence-electron chi connectivity index (χ0n) is 12.3. The highest BCUT2D eigenvalue weighted by molar-refractivity contribution is 5.24. The molecule has 0 aromatic carbocycles. The summed E-state index contributed by atoms with van der Waals surface area (Å²) in [6.45, 7) is 8.96. The summed E-state index contributed by atoms with van der Waals surface area (Å²) in [7, 11) is 1.98. The highest BCUT2D eigenvalue weighted by atomic mass is 16.5. The molecule has 0 saturated heterocycles. The number of rotatable bonds is 5. The number of nitrogens with zero attached hydrogens (tertiary/aromatic N) is 3. The molecule has 0 saturated carbocycles. The van der Waals surface area contributed by atoms with Crippen molar-refractivity contribution in [3.63, 3.8) is 0 Å². The van der Waals surface area contributed by atoms with Crippen LogP contribution in [0.1, 0.15) is 48.3 Å². The largest absolute Gasteiger partial charge is 0.361 e. The molecule has 1 atom stereocenters. The molecular formula is C14H22N4O. The molecule has 0 bridgehead atoms. The maximum atomic E-state index is 5.21. The number of aromatic nitrogens is 3. The van der Waals surface area contributed by atoms with E-state index in [4.69, 9.17) is 4.52 Å². The Bertz CT molecular complexity index is 536. The Morgan fingerprint density at radius 3 is 2.68 bits per heavy atom. The summed E-state index contributed by atoms with van der Waals surface area (Å²) < 4.78 is 7.14. The fourth-order valence-electron chi connectivity index (χ4n) is 2.38. The molecule has 2 aromatic heterocycles. The van der Waals surface area contributed by atoms with Gasteiger partial charge in [-0.25, -0.2) is 0 Å². The van der Waals surface area contributed by atoms with Crippen LogP contribution in [0.15, 0.2) is 10.6 Å². The van der Waals surface area contributed by atoms with Crippen LogP contribution in [0.3, 0.4) is 0 Å². The monoisotopic (exact) mass is 262 g/mol. The third-order valence-corrected chi connectivity index (χ3v) is 3.50. The number of hydrogen-bond acceptors (Lipinski definition) is 4. The average Bonchev–Trinajstić information content (AvgIpc) is 2.90. The summed E-state index contributed by atoms with van der Waals surface area (Å²) in [6.07, 6.45) is 0.966. The fourth-order valence-corrected chi connectivity index (χ4v) is 2.38. The molecule has 2 aromatic rings. The van der Waals surface area contributed by atoms with E-state index in [-0.39, 0.29) is 6.04 Å². The molecule has 5 heteroatoms. The van der Waals surface area contributed by atoms with Crippen LogP contribution >= 0.6 is 0 Å². The lowest BCUT2D eigenvalue weighted by Gasteiger charge is -2.13. The van der Waals surface area contributed by atoms with Crippen molar-refractivity contribution in [2.45, 2.75) is 46.7 Å². The normalized spacial score (nSPS) is 12.9. The van der Waals surface area contributed by atoms with E-state index in [0.717, 1.165) is 35.7 Å². The Morgan fingerprint density at radius 2 is 2.16 bits per heavy atom. The van der Waals surface area contributed by atoms with Gasteiger partial charge in [0, 0.05) is 25.2 Å². The SMILES string of the molecule is CCc1cc(CNC(C)c2c(C)noc2C)n(C)n1. The van der Waals surface area contributed by atoms with Crippen LogP contribution in [-0.2, 0) is 20.0 Å². The first kappa shape index (κ1) is 13.8. The zero-order chi connectivity index (χ0) is 14.0. The van der Waals surface area contributed by atoms with Gasteiger partial charge >= 0.3 is 0 Å².